The smallest absolute Gasteiger partial charge is 0.330 e. The fourth-order valence-electron chi connectivity index (χ4n) is 4.75. The van der Waals surface area contributed by atoms with Crippen LogP contribution in [0.2, 0.25) is 0 Å². The highest BCUT2D eigenvalue weighted by Crippen LogP contribution is 2.37. The lowest BCUT2D eigenvalue weighted by atomic mass is 9.97. The summed E-state index contributed by atoms with van der Waals surface area (Å²) >= 11 is 0. The molecule has 0 saturated carbocycles. The maximum Gasteiger partial charge on any atom is 0.330 e. The molecule has 0 saturated heterocycles. The number of rotatable bonds is 6. The molecule has 0 unspecified atom stereocenters. The Morgan fingerprint density at radius 2 is 1.64 bits per heavy atom. The molecule has 1 aromatic heterocycles. The second-order valence-corrected chi connectivity index (χ2v) is 8.80. The van der Waals surface area contributed by atoms with Crippen molar-refractivity contribution in [2.24, 2.45) is 4.99 Å². The van der Waals surface area contributed by atoms with Gasteiger partial charge in [-0.1, -0.05) is 31.0 Å². The summed E-state index contributed by atoms with van der Waals surface area (Å²) < 4.78 is 14.8. The fraction of sp³-hybridized carbons (Fsp3) is 0.407. The number of unbranched alkanes of at least 4 members (excludes halogenated alkanes) is 1. The normalized spacial score (nSPS) is 13.0. The van der Waals surface area contributed by atoms with Crippen molar-refractivity contribution in [1.82, 2.24) is 9.13 Å². The van der Waals surface area contributed by atoms with E-state index in [4.69, 9.17) is 14.5 Å². The van der Waals surface area contributed by atoms with Crippen LogP contribution in [0.5, 0.6) is 11.5 Å². The van der Waals surface area contributed by atoms with E-state index in [9.17, 15) is 4.79 Å². The Labute approximate surface area is 195 Å². The minimum absolute atomic E-state index is 0.0115. The van der Waals surface area contributed by atoms with Gasteiger partial charge in [0.25, 0.3) is 0 Å². The minimum Gasteiger partial charge on any atom is -0.493 e. The summed E-state index contributed by atoms with van der Waals surface area (Å²) in [6.07, 6.45) is 2.70. The Hall–Kier alpha value is -3.28. The van der Waals surface area contributed by atoms with E-state index in [1.54, 1.807) is 14.2 Å². The van der Waals surface area contributed by atoms with Crippen molar-refractivity contribution in [1.29, 1.82) is 0 Å². The van der Waals surface area contributed by atoms with Gasteiger partial charge in [-0.25, -0.2) is 9.79 Å². The largest absolute Gasteiger partial charge is 0.493 e. The third-order valence-electron chi connectivity index (χ3n) is 6.38. The second kappa shape index (κ2) is 9.30. The molecule has 0 bridgehead atoms. The standard InChI is InChI=1S/C27H33N3O3/c1-7-8-10-30-25(28-26-18(3)12-17(2)13-19(26)4)16-22-21-15-24(33-6)23(32-5)14-20(21)9-11-29(22)27(30)31/h12-16H,7-11H2,1-6H3. The van der Waals surface area contributed by atoms with E-state index in [2.05, 4.69) is 45.9 Å². The van der Waals surface area contributed by atoms with Gasteiger partial charge in [-0.05, 0) is 62.4 Å². The van der Waals surface area contributed by atoms with Crippen molar-refractivity contribution in [2.45, 2.75) is 60.0 Å². The third kappa shape index (κ3) is 4.22. The topological polar surface area (TPSA) is 57.8 Å². The SMILES string of the molecule is CCCCn1c(=Nc2c(C)cc(C)cc2C)cc2n(c1=O)CCc1cc(OC)c(OC)cc1-2. The van der Waals surface area contributed by atoms with Crippen molar-refractivity contribution in [3.63, 3.8) is 0 Å². The predicted molar refractivity (Wildman–Crippen MR) is 132 cm³/mol. The summed E-state index contributed by atoms with van der Waals surface area (Å²) in [5, 5.41) is 0. The molecule has 0 amide bonds. The molecule has 6 nitrogen and oxygen atoms in total. The number of aryl methyl sites for hydroxylation is 4. The van der Waals surface area contributed by atoms with Crippen molar-refractivity contribution in [2.75, 3.05) is 14.2 Å². The van der Waals surface area contributed by atoms with Crippen LogP contribution in [0.4, 0.5) is 5.69 Å². The Kier molecular flexibility index (Phi) is 6.45. The number of aromatic nitrogens is 2. The van der Waals surface area contributed by atoms with Gasteiger partial charge >= 0.3 is 5.69 Å². The lowest BCUT2D eigenvalue weighted by Gasteiger charge is -2.24. The molecule has 0 atom stereocenters. The highest BCUT2D eigenvalue weighted by Gasteiger charge is 2.22. The van der Waals surface area contributed by atoms with Gasteiger partial charge in [-0.3, -0.25) is 9.13 Å². The maximum absolute atomic E-state index is 13.7. The molecule has 0 aliphatic carbocycles. The van der Waals surface area contributed by atoms with Gasteiger partial charge in [-0.2, -0.15) is 0 Å². The number of nitrogens with zero attached hydrogens (tertiary/aromatic N) is 3. The summed E-state index contributed by atoms with van der Waals surface area (Å²) in [7, 11) is 3.28. The number of ether oxygens (including phenoxy) is 2. The zero-order chi connectivity index (χ0) is 23.7. The van der Waals surface area contributed by atoms with Crippen LogP contribution in [-0.2, 0) is 19.5 Å². The first kappa shape index (κ1) is 22.9. The number of benzene rings is 2. The molecule has 0 fully saturated rings. The zero-order valence-corrected chi connectivity index (χ0v) is 20.5. The lowest BCUT2D eigenvalue weighted by Crippen LogP contribution is -2.42. The van der Waals surface area contributed by atoms with Gasteiger partial charge in [0.1, 0.15) is 5.49 Å². The second-order valence-electron chi connectivity index (χ2n) is 8.80. The Balaban J connectivity index is 2.02. The molecule has 2 heterocycles. The van der Waals surface area contributed by atoms with Crippen molar-refractivity contribution in [3.05, 3.63) is 68.6 Å². The van der Waals surface area contributed by atoms with Crippen molar-refractivity contribution in [3.8, 4) is 22.8 Å². The van der Waals surface area contributed by atoms with Crippen molar-refractivity contribution < 1.29 is 9.47 Å². The first-order valence-corrected chi connectivity index (χ1v) is 11.6. The van der Waals surface area contributed by atoms with Gasteiger partial charge < -0.3 is 9.47 Å². The molecule has 33 heavy (non-hydrogen) atoms. The van der Waals surface area contributed by atoms with Gasteiger partial charge in [0.05, 0.1) is 25.6 Å². The first-order valence-electron chi connectivity index (χ1n) is 11.6. The Morgan fingerprint density at radius 1 is 0.970 bits per heavy atom. The summed E-state index contributed by atoms with van der Waals surface area (Å²) in [5.41, 5.74) is 8.05. The molecule has 0 spiro atoms. The highest BCUT2D eigenvalue weighted by atomic mass is 16.5. The molecule has 6 heteroatoms. The minimum atomic E-state index is -0.0115. The van der Waals surface area contributed by atoms with Crippen LogP contribution in [0.25, 0.3) is 11.3 Å². The van der Waals surface area contributed by atoms with E-state index in [0.29, 0.717) is 30.1 Å². The van der Waals surface area contributed by atoms with Crippen LogP contribution in [0, 0.1) is 20.8 Å². The Morgan fingerprint density at radius 3 is 2.27 bits per heavy atom. The zero-order valence-electron chi connectivity index (χ0n) is 20.5. The maximum atomic E-state index is 13.7. The quantitative estimate of drug-likeness (QED) is 0.543. The molecule has 174 valence electrons. The van der Waals surface area contributed by atoms with Crippen molar-refractivity contribution >= 4 is 5.69 Å². The van der Waals surface area contributed by atoms with Crippen LogP contribution in [0.3, 0.4) is 0 Å². The van der Waals surface area contributed by atoms with Crippen LogP contribution in [0.15, 0.2) is 40.1 Å². The van der Waals surface area contributed by atoms with E-state index >= 15 is 0 Å². The van der Waals surface area contributed by atoms with Gasteiger partial charge in [0.15, 0.2) is 11.5 Å². The predicted octanol–water partition coefficient (Wildman–Crippen LogP) is 4.85. The van der Waals surface area contributed by atoms with E-state index in [1.165, 1.54) is 5.56 Å². The van der Waals surface area contributed by atoms with Gasteiger partial charge in [0, 0.05) is 24.7 Å². The van der Waals surface area contributed by atoms with Crippen LogP contribution >= 0.6 is 0 Å². The van der Waals surface area contributed by atoms with Gasteiger partial charge in [0.2, 0.25) is 0 Å². The molecule has 0 N–H and O–H groups in total. The lowest BCUT2D eigenvalue weighted by molar-refractivity contribution is 0.354. The van der Waals surface area contributed by atoms with E-state index in [1.807, 2.05) is 21.3 Å². The average Bonchev–Trinajstić information content (AvgIpc) is 2.79. The van der Waals surface area contributed by atoms with E-state index in [0.717, 1.165) is 52.9 Å². The monoisotopic (exact) mass is 447 g/mol. The van der Waals surface area contributed by atoms with Crippen LogP contribution < -0.4 is 20.7 Å². The molecule has 1 aliphatic rings. The molecular weight excluding hydrogens is 414 g/mol. The molecule has 2 aromatic carbocycles. The summed E-state index contributed by atoms with van der Waals surface area (Å²) in [4.78, 5) is 18.7. The Bertz CT molecular complexity index is 1310. The molecule has 3 aromatic rings. The molecule has 0 radical (unpaired) electrons. The molecule has 1 aliphatic heterocycles. The average molecular weight is 448 g/mol. The highest BCUT2D eigenvalue weighted by molar-refractivity contribution is 5.70. The third-order valence-corrected chi connectivity index (χ3v) is 6.38. The summed E-state index contributed by atoms with van der Waals surface area (Å²) in [6, 6.07) is 10.3. The fourth-order valence-corrected chi connectivity index (χ4v) is 4.75. The molecular formula is C27H33N3O3. The summed E-state index contributed by atoms with van der Waals surface area (Å²) in [6.45, 7) is 9.66. The summed E-state index contributed by atoms with van der Waals surface area (Å²) in [5.74, 6) is 1.36. The van der Waals surface area contributed by atoms with E-state index in [-0.39, 0.29) is 5.69 Å². The van der Waals surface area contributed by atoms with E-state index < -0.39 is 0 Å². The molecule has 4 rings (SSSR count). The number of methoxy groups -OCH3 is 2. The van der Waals surface area contributed by atoms with Crippen LogP contribution in [0.1, 0.15) is 42.0 Å². The number of fused-ring (bicyclic) bond motifs is 3. The van der Waals surface area contributed by atoms with Gasteiger partial charge in [-0.15, -0.1) is 0 Å². The first-order chi connectivity index (χ1) is 15.9. The number of hydrogen-bond donors (Lipinski definition) is 0. The number of hydrogen-bond acceptors (Lipinski definition) is 4. The van der Waals surface area contributed by atoms with Crippen LogP contribution in [-0.4, -0.2) is 23.4 Å².